The fourth-order valence-corrected chi connectivity index (χ4v) is 1.21. The number of carbonyl (C=O) groups is 1. The molecule has 5 nitrogen and oxygen atoms in total. The third kappa shape index (κ3) is 2.92. The first-order valence-electron chi connectivity index (χ1n) is 5.61. The van der Waals surface area contributed by atoms with E-state index < -0.39 is 17.0 Å². The summed E-state index contributed by atoms with van der Waals surface area (Å²) >= 11 is 0. The molecule has 1 amide bonds. The van der Waals surface area contributed by atoms with E-state index in [9.17, 15) is 20.1 Å². The lowest BCUT2D eigenvalue weighted by Gasteiger charge is -2.38. The number of hydrogen-bond donors (Lipinski definition) is 4. The molecule has 0 unspecified atom stereocenters. The van der Waals surface area contributed by atoms with Crippen molar-refractivity contribution in [2.45, 2.75) is 38.8 Å². The Morgan fingerprint density at radius 2 is 1.72 bits per heavy atom. The number of phenolic OH excluding ortho intramolecular Hbond substituents is 2. The number of rotatable bonds is 3. The second kappa shape index (κ2) is 4.49. The summed E-state index contributed by atoms with van der Waals surface area (Å²) in [5.41, 5.74) is -2.05. The Balaban J connectivity index is 3.00. The molecule has 1 aromatic carbocycles. The van der Waals surface area contributed by atoms with Crippen LogP contribution in [0.15, 0.2) is 18.2 Å². The molecule has 0 saturated heterocycles. The molecule has 0 aliphatic carbocycles. The van der Waals surface area contributed by atoms with Crippen LogP contribution in [0.2, 0.25) is 0 Å². The summed E-state index contributed by atoms with van der Waals surface area (Å²) in [7, 11) is 0. The topological polar surface area (TPSA) is 89.8 Å². The smallest absolute Gasteiger partial charge is 0.255 e. The van der Waals surface area contributed by atoms with Gasteiger partial charge in [-0.1, -0.05) is 0 Å². The highest BCUT2D eigenvalue weighted by Crippen LogP contribution is 2.25. The van der Waals surface area contributed by atoms with Crippen LogP contribution in [0.5, 0.6) is 11.5 Å². The number of benzene rings is 1. The molecule has 0 aliphatic rings. The predicted molar refractivity (Wildman–Crippen MR) is 67.6 cm³/mol. The highest BCUT2D eigenvalue weighted by molar-refractivity contribution is 5.97. The molecule has 0 spiro atoms. The van der Waals surface area contributed by atoms with Crippen LogP contribution in [0.1, 0.15) is 38.1 Å². The van der Waals surface area contributed by atoms with Gasteiger partial charge in [0.05, 0.1) is 16.7 Å². The van der Waals surface area contributed by atoms with Gasteiger partial charge in [0.1, 0.15) is 11.5 Å². The van der Waals surface area contributed by atoms with Crippen molar-refractivity contribution >= 4 is 5.91 Å². The number of aromatic hydroxyl groups is 2. The first-order valence-corrected chi connectivity index (χ1v) is 5.61. The van der Waals surface area contributed by atoms with Crippen LogP contribution in [0, 0.1) is 0 Å². The highest BCUT2D eigenvalue weighted by Gasteiger charge is 2.36. The van der Waals surface area contributed by atoms with Crippen LogP contribution in [0.4, 0.5) is 0 Å². The summed E-state index contributed by atoms with van der Waals surface area (Å²) < 4.78 is 0. The van der Waals surface area contributed by atoms with E-state index in [-0.39, 0.29) is 17.1 Å². The summed E-state index contributed by atoms with van der Waals surface area (Å²) in [6.07, 6.45) is 0. The maximum Gasteiger partial charge on any atom is 0.255 e. The highest BCUT2D eigenvalue weighted by atomic mass is 16.3. The number of phenols is 2. The number of amides is 1. The zero-order chi connectivity index (χ0) is 14.1. The van der Waals surface area contributed by atoms with Crippen molar-refractivity contribution in [3.63, 3.8) is 0 Å². The summed E-state index contributed by atoms with van der Waals surface area (Å²) in [4.78, 5) is 12.0. The van der Waals surface area contributed by atoms with Crippen LogP contribution >= 0.6 is 0 Å². The normalized spacial score (nSPS) is 12.3. The summed E-state index contributed by atoms with van der Waals surface area (Å²) in [6.45, 7) is 6.50. The molecule has 5 heteroatoms. The molecule has 1 aromatic rings. The third-order valence-corrected chi connectivity index (χ3v) is 3.18. The lowest BCUT2D eigenvalue weighted by atomic mass is 9.85. The summed E-state index contributed by atoms with van der Waals surface area (Å²) in [6, 6.07) is 3.69. The van der Waals surface area contributed by atoms with Crippen molar-refractivity contribution in [2.24, 2.45) is 0 Å². The zero-order valence-corrected chi connectivity index (χ0v) is 11.0. The van der Waals surface area contributed by atoms with E-state index in [0.29, 0.717) is 0 Å². The monoisotopic (exact) mass is 253 g/mol. The average Bonchev–Trinajstić information content (AvgIpc) is 2.19. The minimum Gasteiger partial charge on any atom is -0.508 e. The Kier molecular flexibility index (Phi) is 3.57. The van der Waals surface area contributed by atoms with Crippen molar-refractivity contribution in [3.8, 4) is 11.5 Å². The van der Waals surface area contributed by atoms with Gasteiger partial charge in [-0.2, -0.15) is 0 Å². The summed E-state index contributed by atoms with van der Waals surface area (Å²) in [5.74, 6) is -0.897. The van der Waals surface area contributed by atoms with E-state index in [1.807, 2.05) is 0 Å². The fraction of sp³-hybridized carbons (Fsp3) is 0.462. The van der Waals surface area contributed by atoms with E-state index >= 15 is 0 Å². The Morgan fingerprint density at radius 1 is 1.17 bits per heavy atom. The maximum atomic E-state index is 12.0. The molecular weight excluding hydrogens is 234 g/mol. The fourth-order valence-electron chi connectivity index (χ4n) is 1.21. The molecule has 0 heterocycles. The van der Waals surface area contributed by atoms with E-state index in [1.165, 1.54) is 18.2 Å². The lowest BCUT2D eigenvalue weighted by molar-refractivity contribution is -0.00298. The first kappa shape index (κ1) is 14.3. The van der Waals surface area contributed by atoms with Crippen LogP contribution in [0.3, 0.4) is 0 Å². The minimum absolute atomic E-state index is 0.0349. The third-order valence-electron chi connectivity index (χ3n) is 3.18. The van der Waals surface area contributed by atoms with Crippen molar-refractivity contribution < 1.29 is 20.1 Å². The standard InChI is InChI=1S/C13H19NO4/c1-12(2,13(3,4)18)14-11(17)9-7-8(15)5-6-10(9)16/h5-7,15-16,18H,1-4H3,(H,14,17). The number of hydrogen-bond acceptors (Lipinski definition) is 4. The van der Waals surface area contributed by atoms with Gasteiger partial charge in [0.2, 0.25) is 0 Å². The van der Waals surface area contributed by atoms with Crippen molar-refractivity contribution in [1.82, 2.24) is 5.32 Å². The van der Waals surface area contributed by atoms with E-state index in [1.54, 1.807) is 27.7 Å². The molecule has 0 saturated carbocycles. The summed E-state index contributed by atoms with van der Waals surface area (Å²) in [5, 5.41) is 31.4. The molecule has 0 radical (unpaired) electrons. The zero-order valence-electron chi connectivity index (χ0n) is 11.0. The van der Waals surface area contributed by atoms with Gasteiger partial charge in [-0.15, -0.1) is 0 Å². The molecule has 0 atom stereocenters. The van der Waals surface area contributed by atoms with Gasteiger partial charge in [-0.25, -0.2) is 0 Å². The molecule has 0 bridgehead atoms. The van der Waals surface area contributed by atoms with Gasteiger partial charge in [0.15, 0.2) is 0 Å². The molecule has 0 aliphatic heterocycles. The van der Waals surface area contributed by atoms with Crippen LogP contribution < -0.4 is 5.32 Å². The van der Waals surface area contributed by atoms with Gasteiger partial charge < -0.3 is 20.6 Å². The van der Waals surface area contributed by atoms with Gasteiger partial charge in [0.25, 0.3) is 5.91 Å². The molecule has 18 heavy (non-hydrogen) atoms. The number of carbonyl (C=O) groups excluding carboxylic acids is 1. The van der Waals surface area contributed by atoms with Crippen molar-refractivity contribution in [2.75, 3.05) is 0 Å². The largest absolute Gasteiger partial charge is 0.508 e. The Morgan fingerprint density at radius 3 is 2.22 bits per heavy atom. The van der Waals surface area contributed by atoms with E-state index in [2.05, 4.69) is 5.32 Å². The number of aliphatic hydroxyl groups is 1. The molecule has 0 aromatic heterocycles. The predicted octanol–water partition coefficient (Wildman–Crippen LogP) is 1.38. The molecule has 1 rings (SSSR count). The van der Waals surface area contributed by atoms with Crippen molar-refractivity contribution in [1.29, 1.82) is 0 Å². The SMILES string of the molecule is CC(C)(O)C(C)(C)NC(=O)c1cc(O)ccc1O. The van der Waals surface area contributed by atoms with Gasteiger partial charge in [-0.3, -0.25) is 4.79 Å². The lowest BCUT2D eigenvalue weighted by Crippen LogP contribution is -2.57. The van der Waals surface area contributed by atoms with Crippen LogP contribution in [-0.2, 0) is 0 Å². The quantitative estimate of drug-likeness (QED) is 0.613. The van der Waals surface area contributed by atoms with E-state index in [0.717, 1.165) is 0 Å². The first-order chi connectivity index (χ1) is 8.04. The Labute approximate surface area is 106 Å². The average molecular weight is 253 g/mol. The maximum absolute atomic E-state index is 12.0. The molecular formula is C13H19NO4. The van der Waals surface area contributed by atoms with Gasteiger partial charge in [-0.05, 0) is 45.9 Å². The second-order valence-corrected chi connectivity index (χ2v) is 5.34. The molecule has 0 fully saturated rings. The minimum atomic E-state index is -1.13. The second-order valence-electron chi connectivity index (χ2n) is 5.34. The van der Waals surface area contributed by atoms with Crippen LogP contribution in [-0.4, -0.2) is 32.4 Å². The molecule has 100 valence electrons. The van der Waals surface area contributed by atoms with Crippen molar-refractivity contribution in [3.05, 3.63) is 23.8 Å². The van der Waals surface area contributed by atoms with Crippen LogP contribution in [0.25, 0.3) is 0 Å². The Bertz CT molecular complexity index is 461. The number of nitrogens with one attached hydrogen (secondary N) is 1. The van der Waals surface area contributed by atoms with Gasteiger partial charge >= 0.3 is 0 Å². The Hall–Kier alpha value is -1.75. The van der Waals surface area contributed by atoms with E-state index in [4.69, 9.17) is 0 Å². The van der Waals surface area contributed by atoms with Gasteiger partial charge in [0, 0.05) is 0 Å². The molecule has 4 N–H and O–H groups in total.